The molecule has 0 unspecified atom stereocenters. The Balaban J connectivity index is 2.03. The number of nitriles is 1. The molecule has 0 radical (unpaired) electrons. The minimum absolute atomic E-state index is 0.175. The van der Waals surface area contributed by atoms with Crippen molar-refractivity contribution in [3.63, 3.8) is 0 Å². The molecule has 1 aliphatic rings. The number of pyridine rings is 1. The number of aryl methyl sites for hydroxylation is 1. The summed E-state index contributed by atoms with van der Waals surface area (Å²) in [7, 11) is 0. The minimum Gasteiger partial charge on any atom is -0.355 e. The lowest BCUT2D eigenvalue weighted by Gasteiger charge is -2.30. The predicted molar refractivity (Wildman–Crippen MR) is 84.4 cm³/mol. The molecule has 2 aromatic rings. The summed E-state index contributed by atoms with van der Waals surface area (Å²) in [5.74, 6) is 1.10. The third-order valence-electron chi connectivity index (χ3n) is 3.81. The number of thioether (sulfide) groups is 1. The van der Waals surface area contributed by atoms with Crippen LogP contribution in [0.3, 0.4) is 0 Å². The zero-order valence-electron chi connectivity index (χ0n) is 12.2. The van der Waals surface area contributed by atoms with E-state index in [1.54, 1.807) is 0 Å². The number of fused-ring (bicyclic) bond motifs is 1. The highest BCUT2D eigenvalue weighted by molar-refractivity contribution is 7.98. The van der Waals surface area contributed by atoms with E-state index in [9.17, 15) is 0 Å². The molecule has 2 aromatic heterocycles. The molecule has 0 spiro atoms. The van der Waals surface area contributed by atoms with Gasteiger partial charge in [0.05, 0.1) is 6.07 Å². The smallest absolute Gasteiger partial charge is 0.187 e. The summed E-state index contributed by atoms with van der Waals surface area (Å²) in [4.78, 5) is 15.9. The van der Waals surface area contributed by atoms with E-state index in [2.05, 4.69) is 20.9 Å². The average Bonchev–Trinajstić information content (AvgIpc) is 2.53. The molecule has 5 nitrogen and oxygen atoms in total. The van der Waals surface area contributed by atoms with E-state index >= 15 is 0 Å². The van der Waals surface area contributed by atoms with Crippen molar-refractivity contribution in [1.29, 1.82) is 5.26 Å². The van der Waals surface area contributed by atoms with Crippen molar-refractivity contribution in [3.8, 4) is 6.07 Å². The number of nitrogens with zero attached hydrogens (tertiary/aromatic N) is 5. The highest BCUT2D eigenvalue weighted by Gasteiger charge is 2.22. The normalized spacial score (nSPS) is 16.1. The first-order valence-electron chi connectivity index (χ1n) is 7.04. The second-order valence-corrected chi connectivity index (χ2v) is 6.05. The highest BCUT2D eigenvalue weighted by atomic mass is 32.2. The predicted octanol–water partition coefficient (Wildman–Crippen LogP) is 2.80. The molecule has 6 heteroatoms. The fourth-order valence-corrected chi connectivity index (χ4v) is 3.02. The number of hydrogen-bond donors (Lipinski definition) is 0. The lowest BCUT2D eigenvalue weighted by Crippen LogP contribution is -2.34. The van der Waals surface area contributed by atoms with Crippen LogP contribution in [0.5, 0.6) is 0 Å². The molecule has 1 fully saturated rings. The maximum atomic E-state index is 9.02. The average molecular weight is 299 g/mol. The molecule has 1 aliphatic heterocycles. The van der Waals surface area contributed by atoms with Gasteiger partial charge in [-0.3, -0.25) is 0 Å². The van der Waals surface area contributed by atoms with Crippen LogP contribution < -0.4 is 4.90 Å². The van der Waals surface area contributed by atoms with Crippen LogP contribution in [-0.2, 0) is 0 Å². The molecule has 1 saturated heterocycles. The monoisotopic (exact) mass is 299 g/mol. The zero-order valence-corrected chi connectivity index (χ0v) is 13.0. The van der Waals surface area contributed by atoms with E-state index in [0.29, 0.717) is 0 Å². The second kappa shape index (κ2) is 5.86. The molecule has 0 saturated carbocycles. The summed E-state index contributed by atoms with van der Waals surface area (Å²) in [5.41, 5.74) is 1.88. The van der Waals surface area contributed by atoms with Crippen molar-refractivity contribution >= 4 is 28.5 Å². The van der Waals surface area contributed by atoms with Crippen LogP contribution in [0.25, 0.3) is 10.9 Å². The SMILES string of the molecule is CSc1ncc2cc(C)nc(N3CCC(C#N)CC3)c2n1. The minimum atomic E-state index is 0.175. The first-order valence-corrected chi connectivity index (χ1v) is 8.26. The van der Waals surface area contributed by atoms with Crippen molar-refractivity contribution in [3.05, 3.63) is 18.0 Å². The molecule has 0 N–H and O–H groups in total. The molecule has 0 atom stereocenters. The second-order valence-electron chi connectivity index (χ2n) is 5.27. The Hall–Kier alpha value is -1.87. The van der Waals surface area contributed by atoms with Crippen molar-refractivity contribution in [2.24, 2.45) is 5.92 Å². The summed E-state index contributed by atoms with van der Waals surface area (Å²) >= 11 is 1.54. The third-order valence-corrected chi connectivity index (χ3v) is 4.37. The fraction of sp³-hybridized carbons (Fsp3) is 0.467. The molecule has 108 valence electrons. The first-order chi connectivity index (χ1) is 10.2. The quantitative estimate of drug-likeness (QED) is 0.627. The van der Waals surface area contributed by atoms with Gasteiger partial charge in [-0.2, -0.15) is 5.26 Å². The Morgan fingerprint density at radius 3 is 2.76 bits per heavy atom. The van der Waals surface area contributed by atoms with Crippen LogP contribution in [0.4, 0.5) is 5.82 Å². The first kappa shape index (κ1) is 14.1. The van der Waals surface area contributed by atoms with Crippen LogP contribution in [0.2, 0.25) is 0 Å². The molecular weight excluding hydrogens is 282 g/mol. The van der Waals surface area contributed by atoms with Gasteiger partial charge in [0.2, 0.25) is 0 Å². The molecule has 0 aromatic carbocycles. The fourth-order valence-electron chi connectivity index (χ4n) is 2.68. The molecule has 3 heterocycles. The summed E-state index contributed by atoms with van der Waals surface area (Å²) in [6.45, 7) is 3.72. The number of piperidine rings is 1. The van der Waals surface area contributed by atoms with Crippen LogP contribution in [-0.4, -0.2) is 34.3 Å². The topological polar surface area (TPSA) is 65.7 Å². The van der Waals surface area contributed by atoms with Gasteiger partial charge in [-0.15, -0.1) is 0 Å². The maximum Gasteiger partial charge on any atom is 0.187 e. The number of aromatic nitrogens is 3. The van der Waals surface area contributed by atoms with E-state index in [-0.39, 0.29) is 5.92 Å². The van der Waals surface area contributed by atoms with Gasteiger partial charge in [0.15, 0.2) is 11.0 Å². The largest absolute Gasteiger partial charge is 0.355 e. The van der Waals surface area contributed by atoms with Crippen molar-refractivity contribution in [2.45, 2.75) is 24.9 Å². The van der Waals surface area contributed by atoms with Crippen LogP contribution in [0.15, 0.2) is 17.4 Å². The van der Waals surface area contributed by atoms with Gasteiger partial charge in [0.1, 0.15) is 5.52 Å². The Labute approximate surface area is 128 Å². The lowest BCUT2D eigenvalue weighted by atomic mass is 9.98. The summed E-state index contributed by atoms with van der Waals surface area (Å²) in [5, 5.41) is 10.8. The molecule has 0 bridgehead atoms. The van der Waals surface area contributed by atoms with Crippen molar-refractivity contribution in [1.82, 2.24) is 15.0 Å². The standard InChI is InChI=1S/C15H17N5S/c1-10-7-12-9-17-15(21-2)19-13(12)14(18-10)20-5-3-11(8-16)4-6-20/h7,9,11H,3-6H2,1-2H3. The van der Waals surface area contributed by atoms with Gasteiger partial charge in [-0.05, 0) is 32.1 Å². The lowest BCUT2D eigenvalue weighted by molar-refractivity contribution is 0.485. The summed E-state index contributed by atoms with van der Waals surface area (Å²) < 4.78 is 0. The van der Waals surface area contributed by atoms with E-state index in [1.165, 1.54) is 11.8 Å². The summed E-state index contributed by atoms with van der Waals surface area (Å²) in [6.07, 6.45) is 5.64. The van der Waals surface area contributed by atoms with Crippen LogP contribution in [0, 0.1) is 24.2 Å². The van der Waals surface area contributed by atoms with E-state index in [0.717, 1.165) is 53.5 Å². The van der Waals surface area contributed by atoms with E-state index in [4.69, 9.17) is 10.2 Å². The Morgan fingerprint density at radius 1 is 1.33 bits per heavy atom. The summed E-state index contributed by atoms with van der Waals surface area (Å²) in [6, 6.07) is 4.39. The number of hydrogen-bond acceptors (Lipinski definition) is 6. The molecule has 21 heavy (non-hydrogen) atoms. The highest BCUT2D eigenvalue weighted by Crippen LogP contribution is 2.28. The zero-order chi connectivity index (χ0) is 14.8. The molecule has 0 aliphatic carbocycles. The Morgan fingerprint density at radius 2 is 2.10 bits per heavy atom. The van der Waals surface area contributed by atoms with Crippen molar-refractivity contribution < 1.29 is 0 Å². The van der Waals surface area contributed by atoms with Gasteiger partial charge in [-0.1, -0.05) is 11.8 Å². The third kappa shape index (κ3) is 2.79. The maximum absolute atomic E-state index is 9.02. The van der Waals surface area contributed by atoms with E-state index < -0.39 is 0 Å². The van der Waals surface area contributed by atoms with E-state index in [1.807, 2.05) is 25.4 Å². The molecule has 0 amide bonds. The Bertz CT molecular complexity index is 701. The van der Waals surface area contributed by atoms with Gasteiger partial charge < -0.3 is 4.90 Å². The van der Waals surface area contributed by atoms with Crippen LogP contribution >= 0.6 is 11.8 Å². The van der Waals surface area contributed by atoms with Gasteiger partial charge in [-0.25, -0.2) is 15.0 Å². The number of anilines is 1. The van der Waals surface area contributed by atoms with Gasteiger partial charge in [0, 0.05) is 36.3 Å². The Kier molecular flexibility index (Phi) is 3.93. The van der Waals surface area contributed by atoms with Crippen molar-refractivity contribution in [2.75, 3.05) is 24.2 Å². The van der Waals surface area contributed by atoms with Gasteiger partial charge in [0.25, 0.3) is 0 Å². The number of rotatable bonds is 2. The molecule has 3 rings (SSSR count). The van der Waals surface area contributed by atoms with Crippen LogP contribution in [0.1, 0.15) is 18.5 Å². The van der Waals surface area contributed by atoms with Gasteiger partial charge >= 0.3 is 0 Å². The molecular formula is C15H17N5S.